The molecule has 0 saturated carbocycles. The molecule has 1 rings (SSSR count). The van der Waals surface area contributed by atoms with Crippen molar-refractivity contribution < 1.29 is 0 Å². The van der Waals surface area contributed by atoms with Crippen molar-refractivity contribution in [2.24, 2.45) is 0 Å². The molecule has 114 valence electrons. The minimum atomic E-state index is 1.01. The number of hydrogen-bond donors (Lipinski definition) is 1. The van der Waals surface area contributed by atoms with Gasteiger partial charge in [0, 0.05) is 45.1 Å². The molecule has 0 amide bonds. The van der Waals surface area contributed by atoms with Gasteiger partial charge >= 0.3 is 0 Å². The highest BCUT2D eigenvalue weighted by atomic mass is 15.1. The Morgan fingerprint density at radius 3 is 2.00 bits per heavy atom. The molecule has 4 heteroatoms. The number of nitrogens with one attached hydrogen (secondary N) is 1. The molecule has 0 aliphatic heterocycles. The van der Waals surface area contributed by atoms with E-state index in [1.54, 1.807) is 0 Å². The molecule has 20 heavy (non-hydrogen) atoms. The zero-order chi connectivity index (χ0) is 14.6. The van der Waals surface area contributed by atoms with Crippen LogP contribution in [0.15, 0.2) is 24.5 Å². The first kappa shape index (κ1) is 17.1. The van der Waals surface area contributed by atoms with Gasteiger partial charge in [0.2, 0.25) is 0 Å². The Morgan fingerprint density at radius 2 is 1.45 bits per heavy atom. The fourth-order valence-corrected chi connectivity index (χ4v) is 2.23. The van der Waals surface area contributed by atoms with Crippen molar-refractivity contribution in [1.29, 1.82) is 0 Å². The predicted octanol–water partition coefficient (Wildman–Crippen LogP) is 1.83. The third-order valence-corrected chi connectivity index (χ3v) is 3.71. The van der Waals surface area contributed by atoms with E-state index in [1.165, 1.54) is 5.56 Å². The van der Waals surface area contributed by atoms with Gasteiger partial charge in [-0.1, -0.05) is 20.8 Å². The van der Waals surface area contributed by atoms with Crippen LogP contribution >= 0.6 is 0 Å². The number of pyridine rings is 1. The van der Waals surface area contributed by atoms with Gasteiger partial charge in [0.1, 0.15) is 0 Å². The SMILES string of the molecule is CCN(CC)CCNCCN(CC)Cc1ccncc1. The molecule has 1 N–H and O–H groups in total. The first-order valence-corrected chi connectivity index (χ1v) is 7.84. The third-order valence-electron chi connectivity index (χ3n) is 3.71. The lowest BCUT2D eigenvalue weighted by molar-refractivity contribution is 0.269. The smallest absolute Gasteiger partial charge is 0.0271 e. The van der Waals surface area contributed by atoms with E-state index in [4.69, 9.17) is 0 Å². The van der Waals surface area contributed by atoms with Crippen molar-refractivity contribution >= 4 is 0 Å². The van der Waals surface area contributed by atoms with Crippen molar-refractivity contribution in [1.82, 2.24) is 20.1 Å². The summed E-state index contributed by atoms with van der Waals surface area (Å²) in [7, 11) is 0. The molecule has 4 nitrogen and oxygen atoms in total. The van der Waals surface area contributed by atoms with Gasteiger partial charge in [0.25, 0.3) is 0 Å². The lowest BCUT2D eigenvalue weighted by Crippen LogP contribution is -2.36. The van der Waals surface area contributed by atoms with Crippen molar-refractivity contribution in [2.75, 3.05) is 45.8 Å². The summed E-state index contributed by atoms with van der Waals surface area (Å²) in [6.45, 7) is 15.4. The van der Waals surface area contributed by atoms with Gasteiger partial charge in [-0.3, -0.25) is 9.88 Å². The topological polar surface area (TPSA) is 31.4 Å². The first-order chi connectivity index (χ1) is 9.80. The Hall–Kier alpha value is -0.970. The molecule has 1 heterocycles. The monoisotopic (exact) mass is 278 g/mol. The Morgan fingerprint density at radius 1 is 0.900 bits per heavy atom. The Bertz CT molecular complexity index is 325. The standard InChI is InChI=1S/C16H30N4/c1-4-19(5-2)13-11-18-12-14-20(6-3)15-16-7-9-17-10-8-16/h7-10,18H,4-6,11-15H2,1-3H3. The molecule has 1 aromatic heterocycles. The van der Waals surface area contributed by atoms with E-state index >= 15 is 0 Å². The van der Waals surface area contributed by atoms with Crippen LogP contribution in [0.4, 0.5) is 0 Å². The summed E-state index contributed by atoms with van der Waals surface area (Å²) in [5.41, 5.74) is 1.34. The van der Waals surface area contributed by atoms with E-state index in [0.29, 0.717) is 0 Å². The first-order valence-electron chi connectivity index (χ1n) is 7.84. The molecule has 0 radical (unpaired) electrons. The van der Waals surface area contributed by atoms with Gasteiger partial charge in [-0.2, -0.15) is 0 Å². The summed E-state index contributed by atoms with van der Waals surface area (Å²) >= 11 is 0. The molecule has 0 unspecified atom stereocenters. The van der Waals surface area contributed by atoms with E-state index in [-0.39, 0.29) is 0 Å². The zero-order valence-corrected chi connectivity index (χ0v) is 13.3. The summed E-state index contributed by atoms with van der Waals surface area (Å²) in [4.78, 5) is 8.97. The molecule has 0 spiro atoms. The van der Waals surface area contributed by atoms with Gasteiger partial charge in [-0.25, -0.2) is 0 Å². The van der Waals surface area contributed by atoms with Gasteiger partial charge in [-0.15, -0.1) is 0 Å². The summed E-state index contributed by atoms with van der Waals surface area (Å²) in [6.07, 6.45) is 3.73. The molecule has 0 aliphatic rings. The Kier molecular flexibility index (Phi) is 9.20. The van der Waals surface area contributed by atoms with Crippen LogP contribution in [0.5, 0.6) is 0 Å². The average Bonchev–Trinajstić information content (AvgIpc) is 2.50. The average molecular weight is 278 g/mol. The van der Waals surface area contributed by atoms with E-state index in [9.17, 15) is 0 Å². The van der Waals surface area contributed by atoms with Crippen molar-refractivity contribution in [3.8, 4) is 0 Å². The highest BCUT2D eigenvalue weighted by molar-refractivity contribution is 5.09. The van der Waals surface area contributed by atoms with Crippen LogP contribution in [-0.2, 0) is 6.54 Å². The van der Waals surface area contributed by atoms with E-state index in [0.717, 1.165) is 52.4 Å². The van der Waals surface area contributed by atoms with E-state index in [1.807, 2.05) is 12.4 Å². The number of likely N-dealkylation sites (N-methyl/N-ethyl adjacent to an activating group) is 2. The molecule has 0 fully saturated rings. The predicted molar refractivity (Wildman–Crippen MR) is 85.8 cm³/mol. The van der Waals surface area contributed by atoms with Crippen LogP contribution in [0.25, 0.3) is 0 Å². The van der Waals surface area contributed by atoms with Crippen LogP contribution in [0.1, 0.15) is 26.3 Å². The third kappa shape index (κ3) is 6.98. The minimum absolute atomic E-state index is 1.01. The van der Waals surface area contributed by atoms with Crippen molar-refractivity contribution in [3.63, 3.8) is 0 Å². The second-order valence-electron chi connectivity index (χ2n) is 5.00. The largest absolute Gasteiger partial charge is 0.314 e. The molecule has 0 saturated heterocycles. The molecular formula is C16H30N4. The molecule has 0 bridgehead atoms. The summed E-state index contributed by atoms with van der Waals surface area (Å²) in [6, 6.07) is 4.19. The van der Waals surface area contributed by atoms with Crippen LogP contribution in [0.3, 0.4) is 0 Å². The number of aromatic nitrogens is 1. The Labute approximate surface area is 124 Å². The maximum atomic E-state index is 4.06. The van der Waals surface area contributed by atoms with Crippen LogP contribution in [0.2, 0.25) is 0 Å². The van der Waals surface area contributed by atoms with Crippen molar-refractivity contribution in [2.45, 2.75) is 27.3 Å². The molecule has 1 aromatic rings. The van der Waals surface area contributed by atoms with Gasteiger partial charge < -0.3 is 10.2 Å². The second-order valence-corrected chi connectivity index (χ2v) is 5.00. The zero-order valence-electron chi connectivity index (χ0n) is 13.3. The molecule has 0 atom stereocenters. The minimum Gasteiger partial charge on any atom is -0.314 e. The normalized spacial score (nSPS) is 11.4. The number of nitrogens with zero attached hydrogens (tertiary/aromatic N) is 3. The summed E-state index contributed by atoms with van der Waals surface area (Å²) < 4.78 is 0. The maximum Gasteiger partial charge on any atom is 0.0271 e. The highest BCUT2D eigenvalue weighted by Gasteiger charge is 2.03. The Balaban J connectivity index is 2.15. The van der Waals surface area contributed by atoms with Crippen LogP contribution in [-0.4, -0.2) is 60.6 Å². The summed E-state index contributed by atoms with van der Waals surface area (Å²) in [5.74, 6) is 0. The maximum absolute atomic E-state index is 4.06. The number of rotatable bonds is 11. The van der Waals surface area contributed by atoms with E-state index in [2.05, 4.69) is 53.0 Å². The van der Waals surface area contributed by atoms with Crippen molar-refractivity contribution in [3.05, 3.63) is 30.1 Å². The lowest BCUT2D eigenvalue weighted by Gasteiger charge is -2.22. The number of hydrogen-bond acceptors (Lipinski definition) is 4. The van der Waals surface area contributed by atoms with E-state index < -0.39 is 0 Å². The second kappa shape index (κ2) is 10.8. The van der Waals surface area contributed by atoms with Gasteiger partial charge in [-0.05, 0) is 37.3 Å². The fourth-order valence-electron chi connectivity index (χ4n) is 2.23. The van der Waals surface area contributed by atoms with Gasteiger partial charge in [0.15, 0.2) is 0 Å². The molecular weight excluding hydrogens is 248 g/mol. The van der Waals surface area contributed by atoms with Gasteiger partial charge in [0.05, 0.1) is 0 Å². The van der Waals surface area contributed by atoms with Crippen LogP contribution in [0, 0.1) is 0 Å². The molecule has 0 aromatic carbocycles. The quantitative estimate of drug-likeness (QED) is 0.626. The van der Waals surface area contributed by atoms with Crippen LogP contribution < -0.4 is 5.32 Å². The lowest BCUT2D eigenvalue weighted by atomic mass is 10.2. The highest BCUT2D eigenvalue weighted by Crippen LogP contribution is 2.01. The molecule has 0 aliphatic carbocycles. The fraction of sp³-hybridized carbons (Fsp3) is 0.688. The summed E-state index contributed by atoms with van der Waals surface area (Å²) in [5, 5.41) is 3.54.